The van der Waals surface area contributed by atoms with Crippen LogP contribution in [0.1, 0.15) is 43.3 Å². The Bertz CT molecular complexity index is 359. The Hall–Kier alpha value is -0.800. The van der Waals surface area contributed by atoms with E-state index in [1.54, 1.807) is 0 Å². The molecule has 1 aliphatic rings. The Morgan fingerprint density at radius 3 is 2.94 bits per heavy atom. The van der Waals surface area contributed by atoms with Crippen LogP contribution in [0.2, 0.25) is 0 Å². The van der Waals surface area contributed by atoms with Gasteiger partial charge in [0.2, 0.25) is 0 Å². The standard InChI is InChI=1S/C14H24N2O/c1-11-4-3-6-16(7-5-11)10-13-8-12(2)14(9-15)17-13/h8,11H,3-7,9-10,15H2,1-2H3. The SMILES string of the molecule is Cc1cc(CN2CCCC(C)CC2)oc1CN. The van der Waals surface area contributed by atoms with Crippen LogP contribution in [-0.4, -0.2) is 18.0 Å². The topological polar surface area (TPSA) is 42.4 Å². The predicted molar refractivity (Wildman–Crippen MR) is 69.6 cm³/mol. The molecule has 0 aliphatic carbocycles. The van der Waals surface area contributed by atoms with E-state index in [9.17, 15) is 0 Å². The highest BCUT2D eigenvalue weighted by atomic mass is 16.3. The fourth-order valence-electron chi connectivity index (χ4n) is 2.57. The largest absolute Gasteiger partial charge is 0.463 e. The lowest BCUT2D eigenvalue weighted by molar-refractivity contribution is 0.248. The van der Waals surface area contributed by atoms with E-state index in [1.165, 1.54) is 37.9 Å². The van der Waals surface area contributed by atoms with Crippen molar-refractivity contribution in [1.29, 1.82) is 0 Å². The highest BCUT2D eigenvalue weighted by Gasteiger charge is 2.15. The number of rotatable bonds is 3. The number of hydrogen-bond donors (Lipinski definition) is 1. The first kappa shape index (κ1) is 12.7. The third kappa shape index (κ3) is 3.33. The van der Waals surface area contributed by atoms with E-state index in [1.807, 2.05) is 0 Å². The van der Waals surface area contributed by atoms with E-state index >= 15 is 0 Å². The van der Waals surface area contributed by atoms with Crippen LogP contribution in [0, 0.1) is 12.8 Å². The van der Waals surface area contributed by atoms with Crippen LogP contribution in [0.25, 0.3) is 0 Å². The Morgan fingerprint density at radius 2 is 2.24 bits per heavy atom. The monoisotopic (exact) mass is 236 g/mol. The van der Waals surface area contributed by atoms with Crippen LogP contribution >= 0.6 is 0 Å². The van der Waals surface area contributed by atoms with Gasteiger partial charge in [0.1, 0.15) is 11.5 Å². The van der Waals surface area contributed by atoms with Gasteiger partial charge in [-0.05, 0) is 56.8 Å². The molecule has 1 unspecified atom stereocenters. The summed E-state index contributed by atoms with van der Waals surface area (Å²) in [5.41, 5.74) is 6.82. The molecule has 0 saturated carbocycles. The van der Waals surface area contributed by atoms with Crippen LogP contribution in [0.15, 0.2) is 10.5 Å². The Morgan fingerprint density at radius 1 is 1.41 bits per heavy atom. The summed E-state index contributed by atoms with van der Waals surface area (Å²) in [6.45, 7) is 8.25. The zero-order valence-electron chi connectivity index (χ0n) is 11.0. The minimum Gasteiger partial charge on any atom is -0.463 e. The molecule has 1 fully saturated rings. The molecular formula is C14H24N2O. The molecule has 1 atom stereocenters. The van der Waals surface area contributed by atoms with Gasteiger partial charge in [0, 0.05) is 0 Å². The van der Waals surface area contributed by atoms with Crippen molar-refractivity contribution < 1.29 is 4.42 Å². The fraction of sp³-hybridized carbons (Fsp3) is 0.714. The first-order valence-electron chi connectivity index (χ1n) is 6.69. The maximum atomic E-state index is 5.77. The van der Waals surface area contributed by atoms with E-state index < -0.39 is 0 Å². The minimum atomic E-state index is 0.503. The first-order valence-corrected chi connectivity index (χ1v) is 6.69. The first-order chi connectivity index (χ1) is 8.19. The molecule has 1 aromatic heterocycles. The molecule has 0 spiro atoms. The highest BCUT2D eigenvalue weighted by molar-refractivity contribution is 5.19. The van der Waals surface area contributed by atoms with E-state index in [2.05, 4.69) is 24.8 Å². The molecule has 2 rings (SSSR count). The average molecular weight is 236 g/mol. The Labute approximate surface area is 104 Å². The second kappa shape index (κ2) is 5.69. The minimum absolute atomic E-state index is 0.503. The van der Waals surface area contributed by atoms with Crippen LogP contribution in [-0.2, 0) is 13.1 Å². The highest BCUT2D eigenvalue weighted by Crippen LogP contribution is 2.20. The van der Waals surface area contributed by atoms with Gasteiger partial charge >= 0.3 is 0 Å². The summed E-state index contributed by atoms with van der Waals surface area (Å²) in [4.78, 5) is 2.50. The van der Waals surface area contributed by atoms with Gasteiger partial charge in [-0.25, -0.2) is 0 Å². The number of hydrogen-bond acceptors (Lipinski definition) is 3. The van der Waals surface area contributed by atoms with Gasteiger partial charge in [0.05, 0.1) is 13.1 Å². The van der Waals surface area contributed by atoms with Crippen molar-refractivity contribution >= 4 is 0 Å². The molecule has 2 heterocycles. The number of nitrogens with zero attached hydrogens (tertiary/aromatic N) is 1. The van der Waals surface area contributed by atoms with Crippen molar-refractivity contribution in [3.8, 4) is 0 Å². The quantitative estimate of drug-likeness (QED) is 0.877. The van der Waals surface area contributed by atoms with Crippen molar-refractivity contribution in [2.45, 2.75) is 46.2 Å². The lowest BCUT2D eigenvalue weighted by Gasteiger charge is -2.18. The predicted octanol–water partition coefficient (Wildman–Crippen LogP) is 2.67. The molecular weight excluding hydrogens is 212 g/mol. The number of nitrogens with two attached hydrogens (primary N) is 1. The molecule has 1 saturated heterocycles. The summed E-state index contributed by atoms with van der Waals surface area (Å²) >= 11 is 0. The summed E-state index contributed by atoms with van der Waals surface area (Å²) in [6.07, 6.45) is 3.98. The van der Waals surface area contributed by atoms with Gasteiger partial charge in [-0.2, -0.15) is 0 Å². The molecule has 0 aromatic carbocycles. The second-order valence-corrected chi connectivity index (χ2v) is 5.34. The zero-order chi connectivity index (χ0) is 12.3. The molecule has 0 bridgehead atoms. The number of likely N-dealkylation sites (tertiary alicyclic amines) is 1. The molecule has 0 amide bonds. The molecule has 96 valence electrons. The van der Waals surface area contributed by atoms with E-state index in [-0.39, 0.29) is 0 Å². The summed E-state index contributed by atoms with van der Waals surface area (Å²) in [5.74, 6) is 2.87. The second-order valence-electron chi connectivity index (χ2n) is 5.34. The molecule has 1 aliphatic heterocycles. The molecule has 2 N–H and O–H groups in total. The lowest BCUT2D eigenvalue weighted by atomic mass is 10.0. The van der Waals surface area contributed by atoms with Crippen molar-refractivity contribution in [3.05, 3.63) is 23.2 Å². The fourth-order valence-corrected chi connectivity index (χ4v) is 2.57. The summed E-state index contributed by atoms with van der Waals surface area (Å²) < 4.78 is 5.77. The van der Waals surface area contributed by atoms with Crippen LogP contribution < -0.4 is 5.73 Å². The maximum Gasteiger partial charge on any atom is 0.120 e. The van der Waals surface area contributed by atoms with Crippen LogP contribution in [0.4, 0.5) is 0 Å². The van der Waals surface area contributed by atoms with E-state index in [0.29, 0.717) is 6.54 Å². The zero-order valence-corrected chi connectivity index (χ0v) is 11.0. The van der Waals surface area contributed by atoms with Gasteiger partial charge < -0.3 is 10.2 Å². The third-order valence-corrected chi connectivity index (χ3v) is 3.75. The van der Waals surface area contributed by atoms with Gasteiger partial charge in [0.15, 0.2) is 0 Å². The van der Waals surface area contributed by atoms with E-state index in [4.69, 9.17) is 10.2 Å². The van der Waals surface area contributed by atoms with Crippen molar-refractivity contribution in [2.75, 3.05) is 13.1 Å². The maximum absolute atomic E-state index is 5.77. The Balaban J connectivity index is 1.95. The number of furan rings is 1. The average Bonchev–Trinajstić information content (AvgIpc) is 2.52. The molecule has 3 heteroatoms. The Kier molecular flexibility index (Phi) is 4.24. The summed E-state index contributed by atoms with van der Waals surface area (Å²) in [5, 5.41) is 0. The third-order valence-electron chi connectivity index (χ3n) is 3.75. The van der Waals surface area contributed by atoms with Crippen molar-refractivity contribution in [1.82, 2.24) is 4.90 Å². The van der Waals surface area contributed by atoms with Gasteiger partial charge in [0.25, 0.3) is 0 Å². The smallest absolute Gasteiger partial charge is 0.120 e. The summed E-state index contributed by atoms with van der Waals surface area (Å²) in [6, 6.07) is 2.14. The normalized spacial score (nSPS) is 22.6. The molecule has 17 heavy (non-hydrogen) atoms. The van der Waals surface area contributed by atoms with Gasteiger partial charge in [-0.1, -0.05) is 6.92 Å². The van der Waals surface area contributed by atoms with Crippen LogP contribution in [0.5, 0.6) is 0 Å². The van der Waals surface area contributed by atoms with Crippen molar-refractivity contribution in [3.63, 3.8) is 0 Å². The summed E-state index contributed by atoms with van der Waals surface area (Å²) in [7, 11) is 0. The van der Waals surface area contributed by atoms with Gasteiger partial charge in [-0.3, -0.25) is 4.90 Å². The molecule has 1 aromatic rings. The van der Waals surface area contributed by atoms with Crippen LogP contribution in [0.3, 0.4) is 0 Å². The number of aryl methyl sites for hydroxylation is 1. The van der Waals surface area contributed by atoms with E-state index in [0.717, 1.165) is 24.0 Å². The lowest BCUT2D eigenvalue weighted by Crippen LogP contribution is -2.23. The van der Waals surface area contributed by atoms with Gasteiger partial charge in [-0.15, -0.1) is 0 Å². The molecule has 3 nitrogen and oxygen atoms in total. The molecule has 0 radical (unpaired) electrons. The van der Waals surface area contributed by atoms with Crippen molar-refractivity contribution in [2.24, 2.45) is 11.7 Å².